The van der Waals surface area contributed by atoms with E-state index < -0.39 is 23.6 Å². The van der Waals surface area contributed by atoms with E-state index in [9.17, 15) is 19.8 Å². The van der Waals surface area contributed by atoms with Gasteiger partial charge in [-0.1, -0.05) is 0 Å². The van der Waals surface area contributed by atoms with Gasteiger partial charge in [-0.3, -0.25) is 14.3 Å². The molecule has 4 N–H and O–H groups in total. The number of aryl methyl sites for hydroxylation is 1. The lowest BCUT2D eigenvalue weighted by Crippen LogP contribution is -2.65. The first kappa shape index (κ1) is 19.0. The molecule has 0 aromatic carbocycles. The van der Waals surface area contributed by atoms with Crippen molar-refractivity contribution in [3.05, 3.63) is 30.4 Å². The maximum absolute atomic E-state index is 12.6. The Balaban J connectivity index is 1.53. The van der Waals surface area contributed by atoms with Crippen molar-refractivity contribution in [3.63, 3.8) is 0 Å². The Kier molecular flexibility index (Phi) is 4.55. The van der Waals surface area contributed by atoms with Crippen LogP contribution in [0.25, 0.3) is 22.4 Å². The smallest absolute Gasteiger partial charge is 0.272 e. The average Bonchev–Trinajstić information content (AvgIpc) is 3.31. The summed E-state index contributed by atoms with van der Waals surface area (Å²) in [7, 11) is 0. The van der Waals surface area contributed by atoms with Gasteiger partial charge in [0.2, 0.25) is 6.23 Å². The number of β-amino-alcohol motifs (C(OH)–C–C–N with tert-alkyl or cyclic N) is 1. The van der Waals surface area contributed by atoms with Gasteiger partial charge in [0, 0.05) is 24.5 Å². The van der Waals surface area contributed by atoms with Crippen LogP contribution in [0.5, 0.6) is 0 Å². The summed E-state index contributed by atoms with van der Waals surface area (Å²) in [6, 6.07) is 0. The molecular formula is C18H21N7O4. The Hall–Kier alpha value is -3.31. The highest BCUT2D eigenvalue weighted by molar-refractivity contribution is 6.06. The molecule has 3 aromatic heterocycles. The highest BCUT2D eigenvalue weighted by Gasteiger charge is 2.41. The molecule has 0 spiro atoms. The number of carbonyl (C=O) groups excluding carboxylic acids is 2. The predicted octanol–water partition coefficient (Wildman–Crippen LogP) is -0.517. The van der Waals surface area contributed by atoms with Crippen LogP contribution < -0.4 is 5.32 Å². The van der Waals surface area contributed by atoms with Crippen molar-refractivity contribution in [3.8, 4) is 11.3 Å². The van der Waals surface area contributed by atoms with Crippen LogP contribution in [-0.4, -0.2) is 76.6 Å². The summed E-state index contributed by atoms with van der Waals surface area (Å²) in [4.78, 5) is 37.6. The minimum absolute atomic E-state index is 0.103. The summed E-state index contributed by atoms with van der Waals surface area (Å²) in [6.07, 6.45) is 4.77. The molecule has 1 aliphatic heterocycles. The number of aliphatic hydroxyl groups excluding tert-OH is 1. The van der Waals surface area contributed by atoms with Crippen LogP contribution in [0.4, 0.5) is 0 Å². The lowest BCUT2D eigenvalue weighted by Gasteiger charge is -2.44. The Morgan fingerprint density at radius 2 is 2.14 bits per heavy atom. The van der Waals surface area contributed by atoms with Gasteiger partial charge in [-0.2, -0.15) is 5.10 Å². The summed E-state index contributed by atoms with van der Waals surface area (Å²) in [5.41, 5.74) is 1.21. The van der Waals surface area contributed by atoms with Gasteiger partial charge in [0.25, 0.3) is 11.8 Å². The quantitative estimate of drug-likeness (QED) is 0.422. The van der Waals surface area contributed by atoms with Crippen LogP contribution in [-0.2, 0) is 11.3 Å². The van der Waals surface area contributed by atoms with Crippen LogP contribution in [0, 0.1) is 0 Å². The normalized spacial score (nSPS) is 16.5. The van der Waals surface area contributed by atoms with Crippen molar-refractivity contribution in [2.45, 2.75) is 32.2 Å². The van der Waals surface area contributed by atoms with Crippen LogP contribution in [0.3, 0.4) is 0 Å². The Morgan fingerprint density at radius 3 is 2.79 bits per heavy atom. The average molecular weight is 399 g/mol. The van der Waals surface area contributed by atoms with E-state index in [1.165, 1.54) is 11.1 Å². The monoisotopic (exact) mass is 399 g/mol. The fraction of sp³-hybridized carbons (Fsp3) is 0.389. The topological polar surface area (TPSA) is 149 Å². The Bertz CT molecular complexity index is 1080. The molecule has 0 saturated carbocycles. The number of nitrogens with one attached hydrogen (secondary N) is 2. The summed E-state index contributed by atoms with van der Waals surface area (Å²) in [5, 5.41) is 26.2. The molecule has 4 rings (SSSR count). The molecule has 0 radical (unpaired) electrons. The third-order valence-electron chi connectivity index (χ3n) is 4.75. The number of aromatic nitrogens is 5. The van der Waals surface area contributed by atoms with Crippen molar-refractivity contribution in [1.29, 1.82) is 0 Å². The fourth-order valence-corrected chi connectivity index (χ4v) is 3.24. The van der Waals surface area contributed by atoms with Gasteiger partial charge in [0.1, 0.15) is 5.52 Å². The minimum atomic E-state index is -1.72. The molecule has 2 amide bonds. The van der Waals surface area contributed by atoms with E-state index in [2.05, 4.69) is 25.4 Å². The molecule has 0 aliphatic carbocycles. The third kappa shape index (κ3) is 3.57. The number of hydrogen-bond donors (Lipinski definition) is 4. The third-order valence-corrected chi connectivity index (χ3v) is 4.75. The minimum Gasteiger partial charge on any atom is -0.386 e. The van der Waals surface area contributed by atoms with E-state index in [0.29, 0.717) is 23.4 Å². The predicted molar refractivity (Wildman–Crippen MR) is 101 cm³/mol. The number of aliphatic hydroxyl groups is 2. The zero-order valence-electron chi connectivity index (χ0n) is 16.0. The van der Waals surface area contributed by atoms with E-state index in [-0.39, 0.29) is 18.7 Å². The lowest BCUT2D eigenvalue weighted by molar-refractivity contribution is -0.161. The van der Waals surface area contributed by atoms with Crippen LogP contribution >= 0.6 is 0 Å². The molecular weight excluding hydrogens is 378 g/mol. The van der Waals surface area contributed by atoms with Crippen LogP contribution in [0.1, 0.15) is 24.2 Å². The molecule has 1 fully saturated rings. The number of amides is 2. The number of carbonyl (C=O) groups is 2. The molecule has 0 unspecified atom stereocenters. The first-order valence-electron chi connectivity index (χ1n) is 9.14. The molecule has 11 nitrogen and oxygen atoms in total. The largest absolute Gasteiger partial charge is 0.386 e. The molecule has 4 heterocycles. The number of aromatic amines is 1. The first-order valence-corrected chi connectivity index (χ1v) is 9.14. The number of fused-ring (bicyclic) bond motifs is 1. The van der Waals surface area contributed by atoms with Crippen LogP contribution in [0.2, 0.25) is 0 Å². The second-order valence-corrected chi connectivity index (χ2v) is 7.31. The van der Waals surface area contributed by atoms with Crippen molar-refractivity contribution < 1.29 is 19.8 Å². The highest BCUT2D eigenvalue weighted by Crippen LogP contribution is 2.22. The number of H-pyrrole nitrogens is 1. The first-order chi connectivity index (χ1) is 13.8. The van der Waals surface area contributed by atoms with E-state index >= 15 is 0 Å². The Morgan fingerprint density at radius 1 is 1.38 bits per heavy atom. The fourth-order valence-electron chi connectivity index (χ4n) is 3.24. The van der Waals surface area contributed by atoms with Crippen molar-refractivity contribution >= 4 is 23.0 Å². The molecule has 29 heavy (non-hydrogen) atoms. The van der Waals surface area contributed by atoms with Gasteiger partial charge in [0.05, 0.1) is 42.3 Å². The summed E-state index contributed by atoms with van der Waals surface area (Å²) in [5.74, 6) is -1.34. The number of nitrogens with zero attached hydrogens (tertiary/aromatic N) is 5. The van der Waals surface area contributed by atoms with Crippen molar-refractivity contribution in [2.75, 3.05) is 13.1 Å². The molecule has 0 bridgehead atoms. The van der Waals surface area contributed by atoms with E-state index in [0.717, 1.165) is 5.56 Å². The number of rotatable bonds is 5. The van der Waals surface area contributed by atoms with E-state index in [4.69, 9.17) is 0 Å². The zero-order valence-corrected chi connectivity index (χ0v) is 16.0. The molecule has 3 aromatic rings. The molecule has 152 valence electrons. The van der Waals surface area contributed by atoms with E-state index in [1.54, 1.807) is 24.0 Å². The molecule has 11 heteroatoms. The SMILES string of the molecule is CCn1cc(-c2cnc3[nH]cc(C(=O)N[C@H](O)C(=O)N4CC(C)(O)C4)c3n2)cn1. The molecule has 1 aliphatic rings. The Labute approximate surface area is 165 Å². The highest BCUT2D eigenvalue weighted by atomic mass is 16.3. The molecule has 1 saturated heterocycles. The van der Waals surface area contributed by atoms with Gasteiger partial charge in [0.15, 0.2) is 5.65 Å². The van der Waals surface area contributed by atoms with Crippen molar-refractivity contribution in [1.82, 2.24) is 34.9 Å². The van der Waals surface area contributed by atoms with Gasteiger partial charge in [-0.15, -0.1) is 0 Å². The van der Waals surface area contributed by atoms with Crippen molar-refractivity contribution in [2.24, 2.45) is 0 Å². The van der Waals surface area contributed by atoms with Gasteiger partial charge >= 0.3 is 0 Å². The van der Waals surface area contributed by atoms with E-state index in [1.807, 2.05) is 13.1 Å². The van der Waals surface area contributed by atoms with Gasteiger partial charge < -0.3 is 25.4 Å². The van der Waals surface area contributed by atoms with Gasteiger partial charge in [-0.25, -0.2) is 9.97 Å². The second kappa shape index (κ2) is 6.94. The molecule has 1 atom stereocenters. The van der Waals surface area contributed by atoms with Gasteiger partial charge in [-0.05, 0) is 13.8 Å². The van der Waals surface area contributed by atoms with Crippen LogP contribution in [0.15, 0.2) is 24.8 Å². The summed E-state index contributed by atoms with van der Waals surface area (Å²) in [6.45, 7) is 4.48. The second-order valence-electron chi connectivity index (χ2n) is 7.31. The number of hydrogen-bond acceptors (Lipinski definition) is 7. The summed E-state index contributed by atoms with van der Waals surface area (Å²) >= 11 is 0. The summed E-state index contributed by atoms with van der Waals surface area (Å²) < 4.78 is 1.75. The standard InChI is InChI=1S/C18H21N7O4/c1-3-25-7-10(4-21-25)12-6-20-14-13(22-12)11(5-19-14)15(26)23-16(27)17(28)24-8-18(2,29)9-24/h4-7,16,27,29H,3,8-9H2,1-2H3,(H,19,20)(H,23,26)/t16-/m1/s1. The number of likely N-dealkylation sites (tertiary alicyclic amines) is 1. The maximum atomic E-state index is 12.6. The lowest BCUT2D eigenvalue weighted by atomic mass is 9.97. The zero-order chi connectivity index (χ0) is 20.8. The maximum Gasteiger partial charge on any atom is 0.272 e.